The molecule has 2 N–H and O–H groups in total. The first-order valence-electron chi connectivity index (χ1n) is 8.59. The smallest absolute Gasteiger partial charge is 0.231 e. The minimum atomic E-state index is 0. The zero-order chi connectivity index (χ0) is 16.8. The normalized spacial score (nSPS) is 13.2. The number of halogens is 1. The molecule has 3 rings (SSSR count). The van der Waals surface area contributed by atoms with E-state index in [2.05, 4.69) is 36.5 Å². The number of nitrogens with two attached hydrogens (primary N) is 1. The first-order chi connectivity index (χ1) is 11.7. The third kappa shape index (κ3) is 5.55. The van der Waals surface area contributed by atoms with Crippen molar-refractivity contribution in [2.24, 2.45) is 0 Å². The van der Waals surface area contributed by atoms with Gasteiger partial charge in [-0.15, -0.1) is 0 Å². The van der Waals surface area contributed by atoms with E-state index in [4.69, 9.17) is 14.2 Å². The topological polar surface area (TPSA) is 44.3 Å². The van der Waals surface area contributed by atoms with Gasteiger partial charge in [-0.05, 0) is 48.7 Å². The Bertz CT molecular complexity index is 660. The van der Waals surface area contributed by atoms with Crippen molar-refractivity contribution >= 4 is 0 Å². The standard InChI is InChI=1S/C20H25NO3.ClH/c1-15(12-17-7-10-19-20(13-17)24-14-23-19)21-11-3-4-16-5-8-18(22-2)9-6-16;/h5-10,13,15,21H,3-4,11-12,14H2,1-2H3;1H. The SMILES string of the molecule is COc1ccc(CCC[NH2+]C(C)Cc2ccc3c(c2)OCO3)cc1.[Cl-]. The predicted molar refractivity (Wildman–Crippen MR) is 93.8 cm³/mol. The van der Waals surface area contributed by atoms with E-state index in [-0.39, 0.29) is 12.4 Å². The molecule has 0 saturated heterocycles. The molecular weight excluding hydrogens is 338 g/mol. The molecule has 2 aromatic carbocycles. The molecule has 0 aromatic heterocycles. The van der Waals surface area contributed by atoms with Gasteiger partial charge in [-0.25, -0.2) is 0 Å². The zero-order valence-electron chi connectivity index (χ0n) is 14.8. The summed E-state index contributed by atoms with van der Waals surface area (Å²) >= 11 is 0. The van der Waals surface area contributed by atoms with Gasteiger partial charge in [0, 0.05) is 12.8 Å². The molecule has 1 aliphatic heterocycles. The van der Waals surface area contributed by atoms with Crippen molar-refractivity contribution < 1.29 is 31.9 Å². The number of aryl methyl sites for hydroxylation is 1. The lowest BCUT2D eigenvalue weighted by Crippen LogP contribution is -3.00. The molecule has 2 aromatic rings. The monoisotopic (exact) mass is 363 g/mol. The lowest BCUT2D eigenvalue weighted by Gasteiger charge is -2.11. The van der Waals surface area contributed by atoms with E-state index in [1.165, 1.54) is 17.5 Å². The molecule has 25 heavy (non-hydrogen) atoms. The van der Waals surface area contributed by atoms with E-state index < -0.39 is 0 Å². The highest BCUT2D eigenvalue weighted by Crippen LogP contribution is 2.32. The van der Waals surface area contributed by atoms with Gasteiger partial charge in [0.1, 0.15) is 5.75 Å². The maximum atomic E-state index is 5.44. The van der Waals surface area contributed by atoms with Crippen LogP contribution in [0.3, 0.4) is 0 Å². The summed E-state index contributed by atoms with van der Waals surface area (Å²) in [4.78, 5) is 0. The number of fused-ring (bicyclic) bond motifs is 1. The van der Waals surface area contributed by atoms with E-state index >= 15 is 0 Å². The van der Waals surface area contributed by atoms with Gasteiger partial charge >= 0.3 is 0 Å². The minimum Gasteiger partial charge on any atom is -1.00 e. The lowest BCUT2D eigenvalue weighted by molar-refractivity contribution is -0.686. The minimum absolute atomic E-state index is 0. The van der Waals surface area contributed by atoms with Gasteiger partial charge in [0.2, 0.25) is 6.79 Å². The summed E-state index contributed by atoms with van der Waals surface area (Å²) in [5.74, 6) is 2.65. The average Bonchev–Trinajstić information content (AvgIpc) is 3.07. The van der Waals surface area contributed by atoms with Gasteiger partial charge in [-0.1, -0.05) is 18.2 Å². The summed E-state index contributed by atoms with van der Waals surface area (Å²) in [5, 5.41) is 2.42. The molecule has 4 nitrogen and oxygen atoms in total. The highest BCUT2D eigenvalue weighted by molar-refractivity contribution is 5.44. The van der Waals surface area contributed by atoms with Crippen LogP contribution in [0.4, 0.5) is 0 Å². The van der Waals surface area contributed by atoms with Gasteiger partial charge in [-0.2, -0.15) is 0 Å². The molecule has 0 bridgehead atoms. The van der Waals surface area contributed by atoms with Crippen molar-refractivity contribution in [3.05, 3.63) is 53.6 Å². The molecule has 136 valence electrons. The highest BCUT2D eigenvalue weighted by Gasteiger charge is 2.14. The van der Waals surface area contributed by atoms with Gasteiger partial charge < -0.3 is 31.9 Å². The third-order valence-corrected chi connectivity index (χ3v) is 4.39. The molecule has 1 aliphatic rings. The van der Waals surface area contributed by atoms with Crippen LogP contribution in [0.25, 0.3) is 0 Å². The van der Waals surface area contributed by atoms with Crippen LogP contribution >= 0.6 is 0 Å². The van der Waals surface area contributed by atoms with Gasteiger partial charge in [0.25, 0.3) is 0 Å². The van der Waals surface area contributed by atoms with Crippen molar-refractivity contribution in [3.63, 3.8) is 0 Å². The molecule has 0 spiro atoms. The Morgan fingerprint density at radius 2 is 1.76 bits per heavy atom. The summed E-state index contributed by atoms with van der Waals surface area (Å²) in [6.07, 6.45) is 3.33. The molecule has 0 fully saturated rings. The van der Waals surface area contributed by atoms with Crippen LogP contribution in [0.1, 0.15) is 24.5 Å². The molecule has 1 unspecified atom stereocenters. The lowest BCUT2D eigenvalue weighted by atomic mass is 10.1. The van der Waals surface area contributed by atoms with E-state index in [9.17, 15) is 0 Å². The van der Waals surface area contributed by atoms with Crippen molar-refractivity contribution in [3.8, 4) is 17.2 Å². The van der Waals surface area contributed by atoms with Gasteiger partial charge in [0.05, 0.1) is 19.7 Å². The summed E-state index contributed by atoms with van der Waals surface area (Å²) in [6.45, 7) is 3.75. The number of hydrogen-bond acceptors (Lipinski definition) is 3. The van der Waals surface area contributed by atoms with Crippen LogP contribution in [0.5, 0.6) is 17.2 Å². The molecule has 0 amide bonds. The maximum Gasteiger partial charge on any atom is 0.231 e. The number of quaternary nitrogens is 1. The van der Waals surface area contributed by atoms with Gasteiger partial charge in [0.15, 0.2) is 11.5 Å². The fraction of sp³-hybridized carbons (Fsp3) is 0.400. The maximum absolute atomic E-state index is 5.44. The van der Waals surface area contributed by atoms with Crippen LogP contribution in [0.15, 0.2) is 42.5 Å². The molecule has 0 aliphatic carbocycles. The quantitative estimate of drug-likeness (QED) is 0.646. The Morgan fingerprint density at radius 1 is 1.04 bits per heavy atom. The number of methoxy groups -OCH3 is 1. The summed E-state index contributed by atoms with van der Waals surface area (Å²) < 4.78 is 16.0. The second kappa shape index (κ2) is 9.54. The number of rotatable bonds is 8. The summed E-state index contributed by atoms with van der Waals surface area (Å²) in [6, 6.07) is 15.2. The molecular formula is C20H26ClNO3. The van der Waals surface area contributed by atoms with Crippen molar-refractivity contribution in [1.29, 1.82) is 0 Å². The van der Waals surface area contributed by atoms with Crippen molar-refractivity contribution in [2.75, 3.05) is 20.4 Å². The Kier molecular flexibility index (Phi) is 7.41. The Morgan fingerprint density at radius 3 is 2.52 bits per heavy atom. The first-order valence-corrected chi connectivity index (χ1v) is 8.59. The second-order valence-corrected chi connectivity index (χ2v) is 6.35. The van der Waals surface area contributed by atoms with Crippen molar-refractivity contribution in [2.45, 2.75) is 32.2 Å². The van der Waals surface area contributed by atoms with E-state index in [0.29, 0.717) is 12.8 Å². The van der Waals surface area contributed by atoms with Crippen molar-refractivity contribution in [1.82, 2.24) is 0 Å². The van der Waals surface area contributed by atoms with Crippen LogP contribution < -0.4 is 31.9 Å². The van der Waals surface area contributed by atoms with E-state index in [0.717, 1.165) is 36.6 Å². The Balaban J connectivity index is 0.00000225. The number of ether oxygens (including phenoxy) is 3. The van der Waals surface area contributed by atoms with Gasteiger partial charge in [-0.3, -0.25) is 0 Å². The zero-order valence-corrected chi connectivity index (χ0v) is 15.6. The second-order valence-electron chi connectivity index (χ2n) is 6.35. The van der Waals surface area contributed by atoms with E-state index in [1.807, 2.05) is 18.2 Å². The molecule has 0 saturated carbocycles. The molecule has 5 heteroatoms. The highest BCUT2D eigenvalue weighted by atomic mass is 35.5. The number of hydrogen-bond donors (Lipinski definition) is 1. The van der Waals surface area contributed by atoms with Crippen LogP contribution in [-0.2, 0) is 12.8 Å². The molecule has 1 heterocycles. The molecule has 1 atom stereocenters. The summed E-state index contributed by atoms with van der Waals surface area (Å²) in [5.41, 5.74) is 2.67. The fourth-order valence-electron chi connectivity index (χ4n) is 3.02. The predicted octanol–water partition coefficient (Wildman–Crippen LogP) is -0.445. The Hall–Kier alpha value is -1.91. The average molecular weight is 364 g/mol. The van der Waals surface area contributed by atoms with E-state index in [1.54, 1.807) is 7.11 Å². The number of benzene rings is 2. The van der Waals surface area contributed by atoms with Crippen LogP contribution in [0, 0.1) is 0 Å². The fourth-order valence-corrected chi connectivity index (χ4v) is 3.02. The van der Waals surface area contributed by atoms with Crippen LogP contribution in [0.2, 0.25) is 0 Å². The third-order valence-electron chi connectivity index (χ3n) is 4.39. The Labute approximate surface area is 155 Å². The first kappa shape index (κ1) is 19.4. The van der Waals surface area contributed by atoms with Crippen LogP contribution in [-0.4, -0.2) is 26.5 Å². The summed E-state index contributed by atoms with van der Waals surface area (Å²) in [7, 11) is 1.70. The largest absolute Gasteiger partial charge is 1.00 e. The molecule has 0 radical (unpaired) electrons.